The van der Waals surface area contributed by atoms with Crippen molar-refractivity contribution in [3.63, 3.8) is 0 Å². The molecule has 0 aliphatic carbocycles. The lowest BCUT2D eigenvalue weighted by molar-refractivity contribution is 0.402. The molecule has 0 radical (unpaired) electrons. The second-order valence-electron chi connectivity index (χ2n) is 13.2. The molecular weight excluding hydrogens is 604 g/mol. The van der Waals surface area contributed by atoms with Gasteiger partial charge in [-0.25, -0.2) is 9.37 Å². The van der Waals surface area contributed by atoms with Gasteiger partial charge >= 0.3 is 0 Å². The van der Waals surface area contributed by atoms with E-state index >= 15 is 4.39 Å². The topological polar surface area (TPSA) is 34.0 Å². The van der Waals surface area contributed by atoms with Crippen LogP contribution in [-0.2, 0) is 5.41 Å². The second-order valence-corrected chi connectivity index (χ2v) is 13.2. The molecule has 1 aliphatic rings. The van der Waals surface area contributed by atoms with Crippen LogP contribution in [0.5, 0.6) is 0 Å². The number of nitrogens with zero attached hydrogens (tertiary/aromatic N) is 4. The van der Waals surface area contributed by atoms with Crippen molar-refractivity contribution in [1.82, 2.24) is 14.5 Å². The molecule has 1 atom stereocenters. The third-order valence-electron chi connectivity index (χ3n) is 9.97. The van der Waals surface area contributed by atoms with Crippen LogP contribution in [0.15, 0.2) is 158 Å². The van der Waals surface area contributed by atoms with Crippen LogP contribution >= 0.6 is 0 Å². The smallest absolute Gasteiger partial charge is 0.150 e. The first kappa shape index (κ1) is 29.1. The SMILES string of the molecule is CC1(C)c2ccc(C(F)c3cccc(-c4ccccn4)c3)cc2N(c2ccccn2)c2cc3c4ccccc4n(-c4ccccc4)c3cc21. The van der Waals surface area contributed by atoms with Crippen LogP contribution in [0.3, 0.4) is 0 Å². The minimum atomic E-state index is -1.32. The van der Waals surface area contributed by atoms with E-state index in [1.807, 2.05) is 79.0 Å². The van der Waals surface area contributed by atoms with E-state index in [-0.39, 0.29) is 5.41 Å². The summed E-state index contributed by atoms with van der Waals surface area (Å²) in [6.07, 6.45) is 2.26. The number of rotatable bonds is 5. The largest absolute Gasteiger partial charge is 0.309 e. The Kier molecular flexibility index (Phi) is 6.70. The Morgan fingerprint density at radius 3 is 2.10 bits per heavy atom. The van der Waals surface area contributed by atoms with Gasteiger partial charge in [0.15, 0.2) is 6.17 Å². The van der Waals surface area contributed by atoms with E-state index in [1.165, 1.54) is 10.9 Å². The van der Waals surface area contributed by atoms with E-state index in [0.29, 0.717) is 11.1 Å². The standard InChI is InChI=1S/C44H33FN4/c1-44(2)35-22-21-31(43(45)30-14-12-13-29(25-30)37-18-8-10-23-46-37)26-40(35)49(42-20-9-11-24-47-42)41-27-34-33-17-6-7-19-38(33)48(39(34)28-36(41)44)32-15-4-3-5-16-32/h3-28,43H,1-2H3. The molecule has 9 rings (SSSR count). The summed E-state index contributed by atoms with van der Waals surface area (Å²) in [6, 6.07) is 49.2. The van der Waals surface area contributed by atoms with Gasteiger partial charge in [-0.2, -0.15) is 0 Å². The molecule has 1 unspecified atom stereocenters. The highest BCUT2D eigenvalue weighted by Gasteiger charge is 2.39. The highest BCUT2D eigenvalue weighted by molar-refractivity contribution is 6.11. The zero-order valence-electron chi connectivity index (χ0n) is 27.3. The fourth-order valence-corrected chi connectivity index (χ4v) is 7.55. The number of hydrogen-bond acceptors (Lipinski definition) is 3. The second kappa shape index (κ2) is 11.3. The summed E-state index contributed by atoms with van der Waals surface area (Å²) in [6.45, 7) is 4.54. The molecule has 0 N–H and O–H groups in total. The van der Waals surface area contributed by atoms with Gasteiger partial charge < -0.3 is 4.57 Å². The molecular formula is C44H33FN4. The van der Waals surface area contributed by atoms with Gasteiger partial charge in [-0.3, -0.25) is 9.88 Å². The van der Waals surface area contributed by atoms with Crippen LogP contribution in [0.1, 0.15) is 42.3 Å². The molecule has 4 heterocycles. The number of fused-ring (bicyclic) bond motifs is 5. The number of alkyl halides is 1. The number of anilines is 3. The van der Waals surface area contributed by atoms with E-state index in [4.69, 9.17) is 4.98 Å². The Bertz CT molecular complexity index is 2490. The number of aromatic nitrogens is 3. The van der Waals surface area contributed by atoms with Gasteiger partial charge in [-0.1, -0.05) is 92.7 Å². The minimum Gasteiger partial charge on any atom is -0.309 e. The molecule has 4 nitrogen and oxygen atoms in total. The van der Waals surface area contributed by atoms with E-state index in [1.54, 1.807) is 6.20 Å². The van der Waals surface area contributed by atoms with Crippen LogP contribution in [0, 0.1) is 0 Å². The van der Waals surface area contributed by atoms with Gasteiger partial charge in [0.1, 0.15) is 5.82 Å². The molecule has 8 aromatic rings. The average molecular weight is 637 g/mol. The number of pyridine rings is 2. The van der Waals surface area contributed by atoms with Crippen molar-refractivity contribution in [1.29, 1.82) is 0 Å². The maximum absolute atomic E-state index is 16.6. The molecule has 1 aliphatic heterocycles. The van der Waals surface area contributed by atoms with Crippen LogP contribution in [0.4, 0.5) is 21.6 Å². The van der Waals surface area contributed by atoms with Gasteiger partial charge in [0.2, 0.25) is 0 Å². The van der Waals surface area contributed by atoms with Crippen molar-refractivity contribution in [2.75, 3.05) is 4.90 Å². The highest BCUT2D eigenvalue weighted by Crippen LogP contribution is 2.54. The van der Waals surface area contributed by atoms with Crippen molar-refractivity contribution < 1.29 is 4.39 Å². The van der Waals surface area contributed by atoms with Gasteiger partial charge in [0, 0.05) is 39.8 Å². The van der Waals surface area contributed by atoms with Crippen molar-refractivity contribution in [3.05, 3.63) is 180 Å². The molecule has 0 spiro atoms. The van der Waals surface area contributed by atoms with E-state index in [9.17, 15) is 0 Å². The predicted molar refractivity (Wildman–Crippen MR) is 198 cm³/mol. The third kappa shape index (κ3) is 4.65. The Labute approximate surface area is 284 Å². The molecule has 0 saturated carbocycles. The molecule has 5 aromatic carbocycles. The fraction of sp³-hybridized carbons (Fsp3) is 0.0909. The summed E-state index contributed by atoms with van der Waals surface area (Å²) in [7, 11) is 0. The minimum absolute atomic E-state index is 0.384. The lowest BCUT2D eigenvalue weighted by atomic mass is 9.73. The maximum atomic E-state index is 16.6. The Hall–Kier alpha value is -6.07. The van der Waals surface area contributed by atoms with Gasteiger partial charge in [-0.05, 0) is 89.0 Å². The van der Waals surface area contributed by atoms with Gasteiger partial charge in [0.25, 0.3) is 0 Å². The molecule has 3 aromatic heterocycles. The summed E-state index contributed by atoms with van der Waals surface area (Å²) in [5.41, 5.74) is 10.2. The third-order valence-corrected chi connectivity index (χ3v) is 9.97. The molecule has 5 heteroatoms. The van der Waals surface area contributed by atoms with E-state index < -0.39 is 6.17 Å². The first-order valence-electron chi connectivity index (χ1n) is 16.6. The van der Waals surface area contributed by atoms with Crippen LogP contribution in [0.25, 0.3) is 38.8 Å². The zero-order chi connectivity index (χ0) is 33.1. The van der Waals surface area contributed by atoms with E-state index in [2.05, 4.69) is 101 Å². The Balaban J connectivity index is 1.25. The quantitative estimate of drug-likeness (QED) is 0.188. The molecule has 0 amide bonds. The van der Waals surface area contributed by atoms with Crippen molar-refractivity contribution in [3.8, 4) is 16.9 Å². The Morgan fingerprint density at radius 1 is 0.571 bits per heavy atom. The normalized spacial score (nSPS) is 14.1. The number of benzene rings is 5. The monoisotopic (exact) mass is 636 g/mol. The van der Waals surface area contributed by atoms with Gasteiger partial charge in [0.05, 0.1) is 28.1 Å². The summed E-state index contributed by atoms with van der Waals surface area (Å²) in [5.74, 6) is 0.788. The van der Waals surface area contributed by atoms with Gasteiger partial charge in [-0.15, -0.1) is 0 Å². The van der Waals surface area contributed by atoms with Crippen molar-refractivity contribution in [2.45, 2.75) is 25.4 Å². The maximum Gasteiger partial charge on any atom is 0.150 e. The molecule has 236 valence electrons. The van der Waals surface area contributed by atoms with Crippen molar-refractivity contribution in [2.24, 2.45) is 0 Å². The molecule has 0 saturated heterocycles. The van der Waals surface area contributed by atoms with Crippen molar-refractivity contribution >= 4 is 39.0 Å². The number of halogens is 1. The summed E-state index contributed by atoms with van der Waals surface area (Å²) in [5, 5.41) is 2.34. The van der Waals surface area contributed by atoms with Crippen LogP contribution in [0.2, 0.25) is 0 Å². The highest BCUT2D eigenvalue weighted by atomic mass is 19.1. The fourth-order valence-electron chi connectivity index (χ4n) is 7.55. The molecule has 0 fully saturated rings. The van der Waals surface area contributed by atoms with E-state index in [0.717, 1.165) is 56.1 Å². The first-order chi connectivity index (χ1) is 24.0. The number of para-hydroxylation sites is 2. The first-order valence-corrected chi connectivity index (χ1v) is 16.6. The Morgan fingerprint density at radius 2 is 1.31 bits per heavy atom. The summed E-state index contributed by atoms with van der Waals surface area (Å²) >= 11 is 0. The summed E-state index contributed by atoms with van der Waals surface area (Å²) < 4.78 is 19.0. The lowest BCUT2D eigenvalue weighted by Gasteiger charge is -2.42. The predicted octanol–water partition coefficient (Wildman–Crippen LogP) is 11.4. The average Bonchev–Trinajstić information content (AvgIpc) is 3.48. The van der Waals surface area contributed by atoms with Crippen LogP contribution < -0.4 is 4.90 Å². The lowest BCUT2D eigenvalue weighted by Crippen LogP contribution is -2.31. The zero-order valence-corrected chi connectivity index (χ0v) is 27.3. The molecule has 49 heavy (non-hydrogen) atoms. The number of hydrogen-bond donors (Lipinski definition) is 0. The molecule has 0 bridgehead atoms. The van der Waals surface area contributed by atoms with Crippen LogP contribution in [-0.4, -0.2) is 14.5 Å². The summed E-state index contributed by atoms with van der Waals surface area (Å²) in [4.78, 5) is 11.5.